The first-order chi connectivity index (χ1) is 9.18. The molecule has 1 heterocycles. The summed E-state index contributed by atoms with van der Waals surface area (Å²) in [6.07, 6.45) is 4.59. The van der Waals surface area contributed by atoms with Gasteiger partial charge in [0.15, 0.2) is 0 Å². The molecule has 0 aromatic rings. The molecular weight excluding hydrogens is 240 g/mol. The van der Waals surface area contributed by atoms with E-state index >= 15 is 0 Å². The predicted molar refractivity (Wildman–Crippen MR) is 79.4 cm³/mol. The molecule has 0 aliphatic carbocycles. The molecule has 1 aliphatic rings. The van der Waals surface area contributed by atoms with Crippen LogP contribution in [0.2, 0.25) is 0 Å². The third-order valence-corrected chi connectivity index (χ3v) is 3.56. The van der Waals surface area contributed by atoms with E-state index in [2.05, 4.69) is 24.1 Å². The van der Waals surface area contributed by atoms with E-state index in [0.717, 1.165) is 32.0 Å². The molecule has 1 rings (SSSR count). The van der Waals surface area contributed by atoms with E-state index in [9.17, 15) is 5.11 Å². The van der Waals surface area contributed by atoms with E-state index in [-0.39, 0.29) is 6.10 Å². The highest BCUT2D eigenvalue weighted by molar-refractivity contribution is 4.67. The highest BCUT2D eigenvalue weighted by Crippen LogP contribution is 2.05. The maximum atomic E-state index is 9.75. The van der Waals surface area contributed by atoms with Crippen molar-refractivity contribution in [3.05, 3.63) is 0 Å². The summed E-state index contributed by atoms with van der Waals surface area (Å²) >= 11 is 0. The Labute approximate surface area is 118 Å². The van der Waals surface area contributed by atoms with Crippen molar-refractivity contribution in [2.24, 2.45) is 5.92 Å². The Hall–Kier alpha value is -0.160. The molecule has 4 nitrogen and oxygen atoms in total. The Morgan fingerprint density at radius 1 is 1.26 bits per heavy atom. The average Bonchev–Trinajstić information content (AvgIpc) is 2.87. The van der Waals surface area contributed by atoms with Gasteiger partial charge < -0.3 is 20.1 Å². The first-order valence-corrected chi connectivity index (χ1v) is 7.87. The molecule has 0 saturated carbocycles. The van der Waals surface area contributed by atoms with Crippen LogP contribution in [0.1, 0.15) is 39.5 Å². The standard InChI is InChI=1S/C15H32N2O2/c1-14(2)6-5-11-19-13-15(18)12-16-7-10-17-8-3-4-9-17/h14-16,18H,3-13H2,1-2H3. The van der Waals surface area contributed by atoms with Crippen LogP contribution in [0.3, 0.4) is 0 Å². The molecule has 4 heteroatoms. The summed E-state index contributed by atoms with van der Waals surface area (Å²) in [5.74, 6) is 0.737. The molecule has 1 unspecified atom stereocenters. The second-order valence-electron chi connectivity index (χ2n) is 6.02. The smallest absolute Gasteiger partial charge is 0.0897 e. The van der Waals surface area contributed by atoms with Crippen LogP contribution in [-0.4, -0.2) is 62.0 Å². The minimum Gasteiger partial charge on any atom is -0.389 e. The number of hydrogen-bond acceptors (Lipinski definition) is 4. The van der Waals surface area contributed by atoms with Gasteiger partial charge in [-0.25, -0.2) is 0 Å². The molecule has 19 heavy (non-hydrogen) atoms. The quantitative estimate of drug-likeness (QED) is 0.559. The molecular formula is C15H32N2O2. The summed E-state index contributed by atoms with van der Waals surface area (Å²) in [7, 11) is 0. The van der Waals surface area contributed by atoms with Gasteiger partial charge in [0.05, 0.1) is 12.7 Å². The molecule has 1 atom stereocenters. The Balaban J connectivity index is 1.83. The Bertz CT molecular complexity index is 206. The van der Waals surface area contributed by atoms with E-state index in [0.29, 0.717) is 13.2 Å². The molecule has 0 radical (unpaired) electrons. The lowest BCUT2D eigenvalue weighted by molar-refractivity contribution is 0.0347. The molecule has 0 aromatic carbocycles. The van der Waals surface area contributed by atoms with Gasteiger partial charge in [-0.3, -0.25) is 0 Å². The molecule has 1 saturated heterocycles. The van der Waals surface area contributed by atoms with E-state index in [1.807, 2.05) is 0 Å². The molecule has 1 aliphatic heterocycles. The fraction of sp³-hybridized carbons (Fsp3) is 1.00. The number of nitrogens with one attached hydrogen (secondary N) is 1. The van der Waals surface area contributed by atoms with Crippen LogP contribution in [0.25, 0.3) is 0 Å². The van der Waals surface area contributed by atoms with Crippen molar-refractivity contribution in [1.82, 2.24) is 10.2 Å². The minimum absolute atomic E-state index is 0.377. The van der Waals surface area contributed by atoms with Gasteiger partial charge in [-0.05, 0) is 44.7 Å². The first-order valence-electron chi connectivity index (χ1n) is 7.87. The summed E-state index contributed by atoms with van der Waals surface area (Å²) in [4.78, 5) is 2.47. The number of aliphatic hydroxyl groups is 1. The van der Waals surface area contributed by atoms with Crippen LogP contribution in [0, 0.1) is 5.92 Å². The summed E-state index contributed by atoms with van der Waals surface area (Å²) in [6.45, 7) is 10.8. The van der Waals surface area contributed by atoms with Crippen molar-refractivity contribution in [2.45, 2.75) is 45.6 Å². The van der Waals surface area contributed by atoms with Crippen molar-refractivity contribution < 1.29 is 9.84 Å². The van der Waals surface area contributed by atoms with Gasteiger partial charge in [0.25, 0.3) is 0 Å². The number of rotatable bonds is 11. The fourth-order valence-corrected chi connectivity index (χ4v) is 2.38. The van der Waals surface area contributed by atoms with Crippen molar-refractivity contribution in [3.8, 4) is 0 Å². The molecule has 0 aromatic heterocycles. The van der Waals surface area contributed by atoms with Crippen molar-refractivity contribution >= 4 is 0 Å². The van der Waals surface area contributed by atoms with E-state index < -0.39 is 0 Å². The summed E-state index contributed by atoms with van der Waals surface area (Å²) in [6, 6.07) is 0. The molecule has 0 spiro atoms. The van der Waals surface area contributed by atoms with Crippen molar-refractivity contribution in [2.75, 3.05) is 45.9 Å². The monoisotopic (exact) mass is 272 g/mol. The molecule has 2 N–H and O–H groups in total. The number of hydrogen-bond donors (Lipinski definition) is 2. The average molecular weight is 272 g/mol. The van der Waals surface area contributed by atoms with Crippen LogP contribution in [0.4, 0.5) is 0 Å². The van der Waals surface area contributed by atoms with Gasteiger partial charge in [-0.2, -0.15) is 0 Å². The topological polar surface area (TPSA) is 44.7 Å². The Morgan fingerprint density at radius 2 is 2.00 bits per heavy atom. The Morgan fingerprint density at radius 3 is 2.68 bits per heavy atom. The van der Waals surface area contributed by atoms with Gasteiger partial charge in [0.2, 0.25) is 0 Å². The fourth-order valence-electron chi connectivity index (χ4n) is 2.38. The van der Waals surface area contributed by atoms with Crippen LogP contribution in [0.5, 0.6) is 0 Å². The molecule has 114 valence electrons. The zero-order valence-electron chi connectivity index (χ0n) is 12.7. The van der Waals surface area contributed by atoms with Crippen LogP contribution >= 0.6 is 0 Å². The lowest BCUT2D eigenvalue weighted by Gasteiger charge is -2.16. The number of likely N-dealkylation sites (tertiary alicyclic amines) is 1. The first kappa shape index (κ1) is 16.9. The highest BCUT2D eigenvalue weighted by Gasteiger charge is 2.10. The summed E-state index contributed by atoms with van der Waals surface area (Å²) in [5.41, 5.74) is 0. The molecule has 0 bridgehead atoms. The van der Waals surface area contributed by atoms with Gasteiger partial charge in [0.1, 0.15) is 0 Å². The second-order valence-corrected chi connectivity index (χ2v) is 6.02. The minimum atomic E-state index is -0.377. The van der Waals surface area contributed by atoms with Gasteiger partial charge >= 0.3 is 0 Å². The van der Waals surface area contributed by atoms with Gasteiger partial charge in [0, 0.05) is 26.2 Å². The third kappa shape index (κ3) is 9.38. The van der Waals surface area contributed by atoms with Crippen LogP contribution in [-0.2, 0) is 4.74 Å². The van der Waals surface area contributed by atoms with Crippen molar-refractivity contribution in [1.29, 1.82) is 0 Å². The van der Waals surface area contributed by atoms with Gasteiger partial charge in [-0.15, -0.1) is 0 Å². The van der Waals surface area contributed by atoms with Crippen LogP contribution in [0.15, 0.2) is 0 Å². The van der Waals surface area contributed by atoms with E-state index in [4.69, 9.17) is 4.74 Å². The Kier molecular flexibility index (Phi) is 9.43. The third-order valence-electron chi connectivity index (χ3n) is 3.56. The second kappa shape index (κ2) is 10.6. The maximum absolute atomic E-state index is 9.75. The van der Waals surface area contributed by atoms with E-state index in [1.165, 1.54) is 32.4 Å². The van der Waals surface area contributed by atoms with Crippen molar-refractivity contribution in [3.63, 3.8) is 0 Å². The maximum Gasteiger partial charge on any atom is 0.0897 e. The predicted octanol–water partition coefficient (Wildman–Crippen LogP) is 1.49. The number of aliphatic hydroxyl groups excluding tert-OH is 1. The zero-order valence-corrected chi connectivity index (χ0v) is 12.7. The number of ether oxygens (including phenoxy) is 1. The molecule has 1 fully saturated rings. The summed E-state index contributed by atoms with van der Waals surface area (Å²) in [5, 5.41) is 13.0. The SMILES string of the molecule is CC(C)CCCOCC(O)CNCCN1CCCC1. The normalized spacial score (nSPS) is 18.3. The van der Waals surface area contributed by atoms with Gasteiger partial charge in [-0.1, -0.05) is 13.8 Å². The zero-order chi connectivity index (χ0) is 13.9. The lowest BCUT2D eigenvalue weighted by atomic mass is 10.1. The highest BCUT2D eigenvalue weighted by atomic mass is 16.5. The van der Waals surface area contributed by atoms with Crippen LogP contribution < -0.4 is 5.32 Å². The van der Waals surface area contributed by atoms with E-state index in [1.54, 1.807) is 0 Å². The largest absolute Gasteiger partial charge is 0.389 e. The summed E-state index contributed by atoms with van der Waals surface area (Å²) < 4.78 is 5.48. The lowest BCUT2D eigenvalue weighted by Crippen LogP contribution is -2.35. The molecule has 0 amide bonds. The number of nitrogens with zero attached hydrogens (tertiary/aromatic N) is 1.